The fraction of sp³-hybridized carbons (Fsp3) is 0.800. The number of fused-ring (bicyclic) bond motifs is 1. The van der Waals surface area contributed by atoms with E-state index in [9.17, 15) is 0 Å². The maximum Gasteiger partial charge on any atom is 0.0997 e. The first-order valence-corrected chi connectivity index (χ1v) is 5.60. The molecule has 0 unspecified atom stereocenters. The number of aromatic nitrogens is 3. The van der Waals surface area contributed by atoms with Crippen LogP contribution in [0.5, 0.6) is 0 Å². The summed E-state index contributed by atoms with van der Waals surface area (Å²) in [5.74, 6) is 0. The summed E-state index contributed by atoms with van der Waals surface area (Å²) < 4.78 is 12.3. The predicted molar refractivity (Wildman–Crippen MR) is 58.1 cm³/mol. The van der Waals surface area contributed by atoms with Crippen molar-refractivity contribution >= 4 is 0 Å². The van der Waals surface area contributed by atoms with Gasteiger partial charge in [0.15, 0.2) is 0 Å². The van der Waals surface area contributed by atoms with E-state index in [0.717, 1.165) is 31.7 Å². The molecule has 0 amide bonds. The number of hydrogen-bond acceptors (Lipinski definition) is 5. The largest absolute Gasteiger partial charge is 0.382 e. The van der Waals surface area contributed by atoms with E-state index in [4.69, 9.17) is 9.47 Å². The van der Waals surface area contributed by atoms with Crippen molar-refractivity contribution in [1.29, 1.82) is 0 Å². The van der Waals surface area contributed by atoms with Gasteiger partial charge in [-0.05, 0) is 0 Å². The lowest BCUT2D eigenvalue weighted by atomic mass is 10.2. The molecule has 0 bridgehead atoms. The second kappa shape index (κ2) is 5.93. The first-order chi connectivity index (χ1) is 7.92. The molecule has 2 heterocycles. The summed E-state index contributed by atoms with van der Waals surface area (Å²) in [7, 11) is 1.67. The van der Waals surface area contributed by atoms with E-state index in [1.807, 2.05) is 4.68 Å². The van der Waals surface area contributed by atoms with Gasteiger partial charge in [-0.2, -0.15) is 0 Å². The van der Waals surface area contributed by atoms with E-state index in [0.29, 0.717) is 19.8 Å². The molecule has 0 atom stereocenters. The molecule has 16 heavy (non-hydrogen) atoms. The fourth-order valence-corrected chi connectivity index (χ4v) is 1.77. The molecule has 1 aromatic rings. The van der Waals surface area contributed by atoms with Gasteiger partial charge in [0.2, 0.25) is 0 Å². The smallest absolute Gasteiger partial charge is 0.0997 e. The van der Waals surface area contributed by atoms with E-state index in [1.165, 1.54) is 5.69 Å². The summed E-state index contributed by atoms with van der Waals surface area (Å²) >= 11 is 0. The van der Waals surface area contributed by atoms with E-state index >= 15 is 0 Å². The number of ether oxygens (including phenoxy) is 2. The molecule has 1 N–H and O–H groups in total. The van der Waals surface area contributed by atoms with Crippen LogP contribution in [-0.4, -0.2) is 48.5 Å². The number of nitrogens with one attached hydrogen (secondary N) is 1. The molecule has 0 spiro atoms. The SMILES string of the molecule is COCCOCCn1nnc2c1CCNC2. The van der Waals surface area contributed by atoms with Gasteiger partial charge in [-0.3, -0.25) is 0 Å². The van der Waals surface area contributed by atoms with E-state index in [-0.39, 0.29) is 0 Å². The third-order valence-electron chi connectivity index (χ3n) is 2.63. The summed E-state index contributed by atoms with van der Waals surface area (Å²) in [5, 5.41) is 11.5. The van der Waals surface area contributed by atoms with Gasteiger partial charge < -0.3 is 14.8 Å². The predicted octanol–water partition coefficient (Wildman–Crippen LogP) is -0.413. The average molecular weight is 226 g/mol. The number of methoxy groups -OCH3 is 1. The molecular weight excluding hydrogens is 208 g/mol. The zero-order valence-corrected chi connectivity index (χ0v) is 9.61. The Hall–Kier alpha value is -0.980. The average Bonchev–Trinajstić information content (AvgIpc) is 2.73. The van der Waals surface area contributed by atoms with Crippen LogP contribution < -0.4 is 5.32 Å². The molecule has 0 saturated carbocycles. The van der Waals surface area contributed by atoms with Crippen molar-refractivity contribution in [2.45, 2.75) is 19.5 Å². The molecule has 0 aliphatic carbocycles. The molecule has 1 aliphatic rings. The van der Waals surface area contributed by atoms with Gasteiger partial charge >= 0.3 is 0 Å². The summed E-state index contributed by atoms with van der Waals surface area (Å²) in [6, 6.07) is 0. The maximum atomic E-state index is 5.41. The van der Waals surface area contributed by atoms with Gasteiger partial charge in [0.25, 0.3) is 0 Å². The van der Waals surface area contributed by atoms with Crippen LogP contribution in [0.1, 0.15) is 11.4 Å². The lowest BCUT2D eigenvalue weighted by molar-refractivity contribution is 0.0649. The van der Waals surface area contributed by atoms with Gasteiger partial charge in [0.05, 0.1) is 37.8 Å². The van der Waals surface area contributed by atoms with Gasteiger partial charge in [-0.15, -0.1) is 5.10 Å². The zero-order valence-electron chi connectivity index (χ0n) is 9.61. The summed E-state index contributed by atoms with van der Waals surface area (Å²) in [6.07, 6.45) is 1.00. The van der Waals surface area contributed by atoms with Crippen molar-refractivity contribution in [3.63, 3.8) is 0 Å². The van der Waals surface area contributed by atoms with Crippen LogP contribution in [0.3, 0.4) is 0 Å². The summed E-state index contributed by atoms with van der Waals surface area (Å²) in [4.78, 5) is 0. The molecule has 2 rings (SSSR count). The summed E-state index contributed by atoms with van der Waals surface area (Å²) in [6.45, 7) is 4.54. The molecule has 1 aromatic heterocycles. The Morgan fingerprint density at radius 2 is 2.31 bits per heavy atom. The molecule has 0 saturated heterocycles. The molecule has 6 nitrogen and oxygen atoms in total. The number of nitrogens with zero attached hydrogens (tertiary/aromatic N) is 3. The van der Waals surface area contributed by atoms with Crippen LogP contribution in [0, 0.1) is 0 Å². The van der Waals surface area contributed by atoms with Crippen molar-refractivity contribution < 1.29 is 9.47 Å². The minimum Gasteiger partial charge on any atom is -0.382 e. The molecule has 0 aromatic carbocycles. The Morgan fingerprint density at radius 1 is 1.38 bits per heavy atom. The Morgan fingerprint density at radius 3 is 3.19 bits per heavy atom. The molecule has 1 aliphatic heterocycles. The third kappa shape index (κ3) is 2.78. The van der Waals surface area contributed by atoms with Crippen LogP contribution in [0.4, 0.5) is 0 Å². The Labute approximate surface area is 94.9 Å². The van der Waals surface area contributed by atoms with E-state index in [2.05, 4.69) is 15.6 Å². The first kappa shape index (κ1) is 11.5. The first-order valence-electron chi connectivity index (χ1n) is 5.60. The van der Waals surface area contributed by atoms with Crippen molar-refractivity contribution in [3.8, 4) is 0 Å². The molecule has 0 fully saturated rings. The minimum absolute atomic E-state index is 0.634. The van der Waals surface area contributed by atoms with Crippen molar-refractivity contribution in [2.75, 3.05) is 33.5 Å². The van der Waals surface area contributed by atoms with Gasteiger partial charge in [0.1, 0.15) is 0 Å². The molecule has 6 heteroatoms. The van der Waals surface area contributed by atoms with Crippen LogP contribution in [0.15, 0.2) is 0 Å². The number of rotatable bonds is 6. The van der Waals surface area contributed by atoms with Gasteiger partial charge in [-0.1, -0.05) is 5.21 Å². The normalized spacial score (nSPS) is 15.1. The maximum absolute atomic E-state index is 5.41. The highest BCUT2D eigenvalue weighted by atomic mass is 16.5. The fourth-order valence-electron chi connectivity index (χ4n) is 1.77. The second-order valence-corrected chi connectivity index (χ2v) is 3.74. The van der Waals surface area contributed by atoms with Crippen molar-refractivity contribution in [1.82, 2.24) is 20.3 Å². The monoisotopic (exact) mass is 226 g/mol. The number of hydrogen-bond donors (Lipinski definition) is 1. The van der Waals surface area contributed by atoms with Gasteiger partial charge in [-0.25, -0.2) is 4.68 Å². The topological polar surface area (TPSA) is 61.2 Å². The van der Waals surface area contributed by atoms with Crippen LogP contribution in [-0.2, 0) is 29.0 Å². The van der Waals surface area contributed by atoms with Crippen LogP contribution in [0.2, 0.25) is 0 Å². The van der Waals surface area contributed by atoms with E-state index < -0.39 is 0 Å². The Balaban J connectivity index is 1.78. The molecule has 0 radical (unpaired) electrons. The lowest BCUT2D eigenvalue weighted by Crippen LogP contribution is -2.25. The minimum atomic E-state index is 0.634. The van der Waals surface area contributed by atoms with E-state index in [1.54, 1.807) is 7.11 Å². The van der Waals surface area contributed by atoms with Gasteiger partial charge in [0, 0.05) is 26.6 Å². The quantitative estimate of drug-likeness (QED) is 0.668. The Bertz CT molecular complexity index is 327. The lowest BCUT2D eigenvalue weighted by Gasteiger charge is -2.13. The Kier molecular flexibility index (Phi) is 4.26. The molecular formula is C10H18N4O2. The molecule has 90 valence electrons. The van der Waals surface area contributed by atoms with Crippen molar-refractivity contribution in [3.05, 3.63) is 11.4 Å². The second-order valence-electron chi connectivity index (χ2n) is 3.74. The highest BCUT2D eigenvalue weighted by molar-refractivity contribution is 5.13. The standard InChI is InChI=1S/C10H18N4O2/c1-15-6-7-16-5-4-14-10-2-3-11-8-9(10)12-13-14/h11H,2-8H2,1H3. The highest BCUT2D eigenvalue weighted by Gasteiger charge is 2.15. The van der Waals surface area contributed by atoms with Crippen LogP contribution >= 0.6 is 0 Å². The van der Waals surface area contributed by atoms with Crippen molar-refractivity contribution in [2.24, 2.45) is 0 Å². The summed E-state index contributed by atoms with van der Waals surface area (Å²) in [5.41, 5.74) is 2.32. The highest BCUT2D eigenvalue weighted by Crippen LogP contribution is 2.09. The van der Waals surface area contributed by atoms with Crippen LogP contribution in [0.25, 0.3) is 0 Å². The third-order valence-corrected chi connectivity index (χ3v) is 2.63. The zero-order chi connectivity index (χ0) is 11.2.